The van der Waals surface area contributed by atoms with Crippen LogP contribution in [0.5, 0.6) is 0 Å². The van der Waals surface area contributed by atoms with Gasteiger partial charge in [0.05, 0.1) is 5.56 Å². The first-order valence-electron chi connectivity index (χ1n) is 9.96. The van der Waals surface area contributed by atoms with Crippen LogP contribution in [0.4, 0.5) is 20.2 Å². The predicted molar refractivity (Wildman–Crippen MR) is 115 cm³/mol. The van der Waals surface area contributed by atoms with Crippen molar-refractivity contribution >= 4 is 17.3 Å². The Hall–Kier alpha value is -3.25. The molecule has 3 aromatic rings. The summed E-state index contributed by atoms with van der Waals surface area (Å²) in [7, 11) is 0. The zero-order valence-electron chi connectivity index (χ0n) is 16.5. The highest BCUT2D eigenvalue weighted by Gasteiger charge is 2.18. The van der Waals surface area contributed by atoms with Gasteiger partial charge in [0.25, 0.3) is 5.91 Å². The Morgan fingerprint density at radius 2 is 1.57 bits per heavy atom. The lowest BCUT2D eigenvalue weighted by Gasteiger charge is -2.36. The van der Waals surface area contributed by atoms with Crippen LogP contribution in [0.1, 0.15) is 15.9 Å². The fraction of sp³-hybridized carbons (Fsp3) is 0.208. The van der Waals surface area contributed by atoms with Gasteiger partial charge in [0, 0.05) is 50.2 Å². The summed E-state index contributed by atoms with van der Waals surface area (Å²) in [6, 6.07) is 20.9. The maximum absolute atomic E-state index is 13.8. The zero-order chi connectivity index (χ0) is 20.9. The van der Waals surface area contributed by atoms with Crippen molar-refractivity contribution in [1.82, 2.24) is 4.90 Å². The maximum atomic E-state index is 13.8. The Kier molecular flexibility index (Phi) is 6.05. The standard InChI is InChI=1S/C24H23F2N3O/c25-19-6-11-22(23(26)16-19)24(30)27-20-7-9-21(10-8-20)29-14-12-28(13-15-29)17-18-4-2-1-3-5-18/h1-11,16H,12-15,17H2,(H,27,30). The number of amides is 1. The lowest BCUT2D eigenvalue weighted by Crippen LogP contribution is -2.45. The number of benzene rings is 3. The minimum absolute atomic E-state index is 0.185. The van der Waals surface area contributed by atoms with E-state index in [4.69, 9.17) is 0 Å². The molecular weight excluding hydrogens is 384 g/mol. The second kappa shape index (κ2) is 9.05. The topological polar surface area (TPSA) is 35.6 Å². The number of hydrogen-bond donors (Lipinski definition) is 1. The van der Waals surface area contributed by atoms with Crippen molar-refractivity contribution in [1.29, 1.82) is 0 Å². The van der Waals surface area contributed by atoms with Crippen molar-refractivity contribution in [2.24, 2.45) is 0 Å². The molecule has 4 nitrogen and oxygen atoms in total. The van der Waals surface area contributed by atoms with Gasteiger partial charge in [-0.25, -0.2) is 8.78 Å². The SMILES string of the molecule is O=C(Nc1ccc(N2CCN(Cc3ccccc3)CC2)cc1)c1ccc(F)cc1F. The number of rotatable bonds is 5. The van der Waals surface area contributed by atoms with E-state index in [1.807, 2.05) is 18.2 Å². The number of nitrogens with one attached hydrogen (secondary N) is 1. The molecule has 0 aliphatic carbocycles. The summed E-state index contributed by atoms with van der Waals surface area (Å²) in [6.45, 7) is 4.78. The Labute approximate surface area is 174 Å². The maximum Gasteiger partial charge on any atom is 0.258 e. The summed E-state index contributed by atoms with van der Waals surface area (Å²) in [6.07, 6.45) is 0. The van der Waals surface area contributed by atoms with Crippen molar-refractivity contribution in [3.8, 4) is 0 Å². The fourth-order valence-electron chi connectivity index (χ4n) is 3.63. The molecule has 1 aliphatic rings. The Morgan fingerprint density at radius 3 is 2.23 bits per heavy atom. The number of anilines is 2. The van der Waals surface area contributed by atoms with E-state index in [9.17, 15) is 13.6 Å². The van der Waals surface area contributed by atoms with Gasteiger partial charge in [0.1, 0.15) is 11.6 Å². The van der Waals surface area contributed by atoms with Crippen molar-refractivity contribution in [2.45, 2.75) is 6.54 Å². The van der Waals surface area contributed by atoms with Crippen LogP contribution in [0, 0.1) is 11.6 Å². The second-order valence-electron chi connectivity index (χ2n) is 7.37. The average molecular weight is 407 g/mol. The molecule has 154 valence electrons. The molecule has 1 aliphatic heterocycles. The summed E-state index contributed by atoms with van der Waals surface area (Å²) < 4.78 is 26.8. The normalized spacial score (nSPS) is 14.5. The highest BCUT2D eigenvalue weighted by Crippen LogP contribution is 2.21. The van der Waals surface area contributed by atoms with E-state index in [2.05, 4.69) is 39.4 Å². The van der Waals surface area contributed by atoms with E-state index in [-0.39, 0.29) is 5.56 Å². The molecule has 0 saturated carbocycles. The smallest absolute Gasteiger partial charge is 0.258 e. The first-order chi connectivity index (χ1) is 14.6. The third-order valence-electron chi connectivity index (χ3n) is 5.29. The third kappa shape index (κ3) is 4.83. The number of piperazine rings is 1. The molecule has 30 heavy (non-hydrogen) atoms. The Balaban J connectivity index is 1.32. The number of carbonyl (C=O) groups is 1. The van der Waals surface area contributed by atoms with Crippen LogP contribution in [0.15, 0.2) is 72.8 Å². The summed E-state index contributed by atoms with van der Waals surface area (Å²) in [5, 5.41) is 2.65. The van der Waals surface area contributed by atoms with Crippen molar-refractivity contribution in [3.63, 3.8) is 0 Å². The molecule has 1 fully saturated rings. The second-order valence-corrected chi connectivity index (χ2v) is 7.37. The molecule has 0 atom stereocenters. The van der Waals surface area contributed by atoms with Gasteiger partial charge in [-0.2, -0.15) is 0 Å². The van der Waals surface area contributed by atoms with E-state index in [1.54, 1.807) is 12.1 Å². The monoisotopic (exact) mass is 407 g/mol. The number of hydrogen-bond acceptors (Lipinski definition) is 3. The van der Waals surface area contributed by atoms with Gasteiger partial charge in [-0.05, 0) is 42.0 Å². The molecule has 0 unspecified atom stereocenters. The van der Waals surface area contributed by atoms with E-state index < -0.39 is 17.5 Å². The van der Waals surface area contributed by atoms with E-state index in [1.165, 1.54) is 5.56 Å². The van der Waals surface area contributed by atoms with E-state index >= 15 is 0 Å². The molecule has 3 aromatic carbocycles. The van der Waals surface area contributed by atoms with Crippen LogP contribution in [-0.4, -0.2) is 37.0 Å². The molecule has 1 saturated heterocycles. The van der Waals surface area contributed by atoms with Gasteiger partial charge in [0.15, 0.2) is 0 Å². The Morgan fingerprint density at radius 1 is 0.867 bits per heavy atom. The highest BCUT2D eigenvalue weighted by atomic mass is 19.1. The van der Waals surface area contributed by atoms with Crippen molar-refractivity contribution < 1.29 is 13.6 Å². The van der Waals surface area contributed by atoms with Gasteiger partial charge in [-0.15, -0.1) is 0 Å². The molecule has 0 aromatic heterocycles. The number of halogens is 2. The van der Waals surface area contributed by atoms with Crippen LogP contribution in [0.3, 0.4) is 0 Å². The van der Waals surface area contributed by atoms with Gasteiger partial charge < -0.3 is 10.2 Å². The van der Waals surface area contributed by atoms with Crippen LogP contribution in [0.25, 0.3) is 0 Å². The van der Waals surface area contributed by atoms with E-state index in [0.717, 1.165) is 50.5 Å². The third-order valence-corrected chi connectivity index (χ3v) is 5.29. The van der Waals surface area contributed by atoms with Gasteiger partial charge in [0.2, 0.25) is 0 Å². The summed E-state index contributed by atoms with van der Waals surface area (Å²) in [4.78, 5) is 17.0. The fourth-order valence-corrected chi connectivity index (χ4v) is 3.63. The summed E-state index contributed by atoms with van der Waals surface area (Å²) in [5.41, 5.74) is 2.79. The highest BCUT2D eigenvalue weighted by molar-refractivity contribution is 6.04. The first kappa shape index (κ1) is 20.0. The molecular formula is C24H23F2N3O. The quantitative estimate of drug-likeness (QED) is 0.675. The largest absolute Gasteiger partial charge is 0.369 e. The van der Waals surface area contributed by atoms with Crippen LogP contribution in [-0.2, 0) is 6.54 Å². The molecule has 6 heteroatoms. The van der Waals surface area contributed by atoms with Crippen molar-refractivity contribution in [3.05, 3.63) is 95.6 Å². The van der Waals surface area contributed by atoms with Gasteiger partial charge in [-0.3, -0.25) is 9.69 Å². The van der Waals surface area contributed by atoms with Crippen molar-refractivity contribution in [2.75, 3.05) is 36.4 Å². The lowest BCUT2D eigenvalue weighted by atomic mass is 10.1. The van der Waals surface area contributed by atoms with E-state index in [0.29, 0.717) is 11.8 Å². The average Bonchev–Trinajstić information content (AvgIpc) is 2.75. The van der Waals surface area contributed by atoms with Gasteiger partial charge in [-0.1, -0.05) is 30.3 Å². The lowest BCUT2D eigenvalue weighted by molar-refractivity contribution is 0.102. The zero-order valence-corrected chi connectivity index (χ0v) is 16.5. The summed E-state index contributed by atoms with van der Waals surface area (Å²) >= 11 is 0. The molecule has 1 amide bonds. The van der Waals surface area contributed by atoms with Crippen LogP contribution >= 0.6 is 0 Å². The minimum atomic E-state index is -0.877. The first-order valence-corrected chi connectivity index (χ1v) is 9.96. The number of carbonyl (C=O) groups excluding carboxylic acids is 1. The molecule has 1 N–H and O–H groups in total. The Bertz CT molecular complexity index is 1000. The summed E-state index contributed by atoms with van der Waals surface area (Å²) in [5.74, 6) is -2.19. The minimum Gasteiger partial charge on any atom is -0.369 e. The molecule has 1 heterocycles. The van der Waals surface area contributed by atoms with Gasteiger partial charge >= 0.3 is 0 Å². The molecule has 4 rings (SSSR count). The molecule has 0 spiro atoms. The van der Waals surface area contributed by atoms with Crippen LogP contribution in [0.2, 0.25) is 0 Å². The predicted octanol–water partition coefficient (Wildman–Crippen LogP) is 4.54. The number of nitrogens with zero attached hydrogens (tertiary/aromatic N) is 2. The molecule has 0 radical (unpaired) electrons. The van der Waals surface area contributed by atoms with Crippen LogP contribution < -0.4 is 10.2 Å². The molecule has 0 bridgehead atoms.